The molecule has 2 N–H and O–H groups in total. The van der Waals surface area contributed by atoms with Crippen molar-refractivity contribution in [2.45, 2.75) is 84.3 Å². The van der Waals surface area contributed by atoms with Gasteiger partial charge in [-0.3, -0.25) is 0 Å². The molecule has 1 unspecified atom stereocenters. The molecule has 4 rings (SSSR count). The number of hydrogen-bond donors (Lipinski definition) is 2. The summed E-state index contributed by atoms with van der Waals surface area (Å²) in [7, 11) is 0. The van der Waals surface area contributed by atoms with Gasteiger partial charge in [0.05, 0.1) is 12.2 Å². The molecular formula is C21H34O2. The van der Waals surface area contributed by atoms with Gasteiger partial charge in [0.2, 0.25) is 0 Å². The van der Waals surface area contributed by atoms with Crippen LogP contribution >= 0.6 is 0 Å². The molecule has 0 radical (unpaired) electrons. The van der Waals surface area contributed by atoms with E-state index in [1.807, 2.05) is 0 Å². The van der Waals surface area contributed by atoms with Crippen LogP contribution in [0.15, 0.2) is 11.6 Å². The van der Waals surface area contributed by atoms with Crippen LogP contribution in [0.3, 0.4) is 0 Å². The van der Waals surface area contributed by atoms with Gasteiger partial charge in [-0.25, -0.2) is 0 Å². The second-order valence-corrected chi connectivity index (χ2v) is 9.44. The minimum Gasteiger partial charge on any atom is -0.393 e. The molecule has 8 atom stereocenters. The van der Waals surface area contributed by atoms with Crippen LogP contribution in [0.5, 0.6) is 0 Å². The Morgan fingerprint density at radius 3 is 2.61 bits per heavy atom. The average Bonchev–Trinajstić information content (AvgIpc) is 2.87. The molecule has 3 fully saturated rings. The summed E-state index contributed by atoms with van der Waals surface area (Å²) in [6, 6.07) is 0. The number of aliphatic hydroxyl groups is 2. The smallest absolute Gasteiger partial charge is 0.0636 e. The maximum absolute atomic E-state index is 11.1. The van der Waals surface area contributed by atoms with E-state index in [-0.39, 0.29) is 17.6 Å². The van der Waals surface area contributed by atoms with Crippen molar-refractivity contribution in [2.24, 2.45) is 34.5 Å². The van der Waals surface area contributed by atoms with Gasteiger partial charge in [0.25, 0.3) is 0 Å². The molecule has 0 aromatic rings. The summed E-state index contributed by atoms with van der Waals surface area (Å²) in [5.74, 6) is 2.76. The second-order valence-electron chi connectivity index (χ2n) is 9.44. The first-order valence-corrected chi connectivity index (χ1v) is 9.96. The Morgan fingerprint density at radius 2 is 1.87 bits per heavy atom. The van der Waals surface area contributed by atoms with Crippen molar-refractivity contribution in [1.82, 2.24) is 0 Å². The monoisotopic (exact) mass is 318 g/mol. The van der Waals surface area contributed by atoms with Gasteiger partial charge < -0.3 is 10.2 Å². The van der Waals surface area contributed by atoms with Gasteiger partial charge in [0, 0.05) is 5.41 Å². The first kappa shape index (κ1) is 16.1. The van der Waals surface area contributed by atoms with Crippen molar-refractivity contribution in [3.05, 3.63) is 11.6 Å². The van der Waals surface area contributed by atoms with Crippen LogP contribution < -0.4 is 0 Å². The first-order valence-electron chi connectivity index (χ1n) is 9.96. The molecule has 4 aliphatic carbocycles. The maximum atomic E-state index is 11.1. The van der Waals surface area contributed by atoms with Gasteiger partial charge in [0.1, 0.15) is 0 Å². The third-order valence-electron chi connectivity index (χ3n) is 8.87. The van der Waals surface area contributed by atoms with Crippen LogP contribution in [0.1, 0.15) is 72.1 Å². The highest BCUT2D eigenvalue weighted by molar-refractivity contribution is 5.27. The zero-order valence-corrected chi connectivity index (χ0v) is 15.1. The molecule has 2 nitrogen and oxygen atoms in total. The zero-order chi connectivity index (χ0) is 16.4. The second kappa shape index (κ2) is 5.33. The average molecular weight is 319 g/mol. The van der Waals surface area contributed by atoms with Crippen molar-refractivity contribution in [1.29, 1.82) is 0 Å². The predicted molar refractivity (Wildman–Crippen MR) is 92.9 cm³/mol. The van der Waals surface area contributed by atoms with E-state index in [4.69, 9.17) is 0 Å². The summed E-state index contributed by atoms with van der Waals surface area (Å²) < 4.78 is 0. The Kier molecular flexibility index (Phi) is 3.74. The third-order valence-corrected chi connectivity index (χ3v) is 8.87. The minimum absolute atomic E-state index is 0.0350. The molecule has 0 aromatic carbocycles. The van der Waals surface area contributed by atoms with Crippen molar-refractivity contribution in [3.63, 3.8) is 0 Å². The van der Waals surface area contributed by atoms with E-state index in [1.54, 1.807) is 0 Å². The van der Waals surface area contributed by atoms with Crippen LogP contribution in [0.25, 0.3) is 0 Å². The summed E-state index contributed by atoms with van der Waals surface area (Å²) in [5, 5.41) is 21.3. The van der Waals surface area contributed by atoms with E-state index in [2.05, 4.69) is 26.8 Å². The van der Waals surface area contributed by atoms with Gasteiger partial charge in [0.15, 0.2) is 0 Å². The highest BCUT2D eigenvalue weighted by Gasteiger charge is 2.61. The fourth-order valence-electron chi connectivity index (χ4n) is 7.41. The topological polar surface area (TPSA) is 40.5 Å². The summed E-state index contributed by atoms with van der Waals surface area (Å²) in [6.45, 7) is 7.08. The molecular weight excluding hydrogens is 284 g/mol. The number of hydrogen-bond acceptors (Lipinski definition) is 2. The zero-order valence-electron chi connectivity index (χ0n) is 15.1. The molecule has 130 valence electrons. The lowest BCUT2D eigenvalue weighted by Gasteiger charge is -2.62. The highest BCUT2D eigenvalue weighted by atomic mass is 16.3. The lowest BCUT2D eigenvalue weighted by Crippen LogP contribution is -2.57. The molecule has 0 aliphatic heterocycles. The molecule has 0 heterocycles. The minimum atomic E-state index is -0.176. The van der Waals surface area contributed by atoms with Crippen LogP contribution in [-0.2, 0) is 0 Å². The quantitative estimate of drug-likeness (QED) is 0.707. The number of fused-ring (bicyclic) bond motifs is 5. The van der Waals surface area contributed by atoms with Gasteiger partial charge in [-0.05, 0) is 80.5 Å². The molecule has 23 heavy (non-hydrogen) atoms. The Labute approximate surface area is 141 Å². The molecule has 0 amide bonds. The SMILES string of the molecule is CCC1=CC[C@H]2[C@@H]3CCC4C[C@@H](O)CC[C@]4(C)[C@H]3C[C@@H](O)[C@]12C. The van der Waals surface area contributed by atoms with E-state index in [0.29, 0.717) is 23.2 Å². The fraction of sp³-hybridized carbons (Fsp3) is 0.905. The predicted octanol–water partition coefficient (Wildman–Crippen LogP) is 4.31. The summed E-state index contributed by atoms with van der Waals surface area (Å²) in [4.78, 5) is 0. The largest absolute Gasteiger partial charge is 0.393 e. The maximum Gasteiger partial charge on any atom is 0.0636 e. The summed E-state index contributed by atoms with van der Waals surface area (Å²) in [6.07, 6.45) is 11.2. The van der Waals surface area contributed by atoms with Crippen molar-refractivity contribution in [2.75, 3.05) is 0 Å². The summed E-state index contributed by atoms with van der Waals surface area (Å²) in [5.41, 5.74) is 1.90. The summed E-state index contributed by atoms with van der Waals surface area (Å²) >= 11 is 0. The lowest BCUT2D eigenvalue weighted by molar-refractivity contribution is -0.155. The number of allylic oxidation sites excluding steroid dienone is 1. The molecule has 0 bridgehead atoms. The number of aliphatic hydroxyl groups excluding tert-OH is 2. The van der Waals surface area contributed by atoms with E-state index in [0.717, 1.165) is 38.0 Å². The van der Waals surface area contributed by atoms with Gasteiger partial charge in [-0.15, -0.1) is 0 Å². The van der Waals surface area contributed by atoms with Crippen molar-refractivity contribution < 1.29 is 10.2 Å². The Bertz CT molecular complexity index is 512. The van der Waals surface area contributed by atoms with Crippen LogP contribution in [0.4, 0.5) is 0 Å². The van der Waals surface area contributed by atoms with Crippen LogP contribution in [-0.4, -0.2) is 22.4 Å². The van der Waals surface area contributed by atoms with Crippen molar-refractivity contribution >= 4 is 0 Å². The number of rotatable bonds is 1. The van der Waals surface area contributed by atoms with Crippen LogP contribution in [0, 0.1) is 34.5 Å². The van der Waals surface area contributed by atoms with E-state index < -0.39 is 0 Å². The van der Waals surface area contributed by atoms with Crippen molar-refractivity contribution in [3.8, 4) is 0 Å². The normalized spacial score (nSPS) is 55.6. The lowest BCUT2D eigenvalue weighted by atomic mass is 9.44. The van der Waals surface area contributed by atoms with Crippen LogP contribution in [0.2, 0.25) is 0 Å². The molecule has 2 heteroatoms. The van der Waals surface area contributed by atoms with Gasteiger partial charge in [-0.2, -0.15) is 0 Å². The Balaban J connectivity index is 1.66. The molecule has 4 aliphatic rings. The third kappa shape index (κ3) is 2.07. The fourth-order valence-corrected chi connectivity index (χ4v) is 7.41. The Hall–Kier alpha value is -0.340. The highest BCUT2D eigenvalue weighted by Crippen LogP contribution is 2.66. The van der Waals surface area contributed by atoms with E-state index in [1.165, 1.54) is 24.8 Å². The van der Waals surface area contributed by atoms with Gasteiger partial charge in [-0.1, -0.05) is 32.4 Å². The van der Waals surface area contributed by atoms with Gasteiger partial charge >= 0.3 is 0 Å². The Morgan fingerprint density at radius 1 is 1.09 bits per heavy atom. The molecule has 0 aromatic heterocycles. The first-order chi connectivity index (χ1) is 10.9. The van der Waals surface area contributed by atoms with E-state index >= 15 is 0 Å². The molecule has 3 saturated carbocycles. The standard InChI is InChI=1S/C21H34O2/c1-4-13-6-8-17-16-7-5-14-11-15(22)9-10-20(14,2)18(16)12-19(23)21(13,17)3/h6,14-19,22-23H,4-5,7-12H2,1-3H3/t14?,15-,16-,17-,18-,19+,20-,21+/m0/s1. The molecule has 0 spiro atoms. The van der Waals surface area contributed by atoms with E-state index in [9.17, 15) is 10.2 Å². The molecule has 0 saturated heterocycles.